The van der Waals surface area contributed by atoms with Gasteiger partial charge in [0.2, 0.25) is 0 Å². The van der Waals surface area contributed by atoms with Gasteiger partial charge in [0.15, 0.2) is 0 Å². The molecular weight excluding hydrogens is 133 g/mol. The molecule has 0 saturated carbocycles. The zero-order chi connectivity index (χ0) is 7.44. The molecule has 0 aliphatic heterocycles. The van der Waals surface area contributed by atoms with Gasteiger partial charge in [-0.2, -0.15) is 0 Å². The number of nitrogens with two attached hydrogens (primary N) is 1. The Morgan fingerprint density at radius 2 is 1.90 bits per heavy atom. The first kappa shape index (κ1) is 12.2. The fraction of sp³-hybridized carbons (Fsp3) is 0.500. The molecule has 0 amide bonds. The van der Waals surface area contributed by atoms with E-state index in [-0.39, 0.29) is 20.3 Å². The zero-order valence-electron chi connectivity index (χ0n) is 6.57. The number of hydrogen-bond donors (Lipinski definition) is 3. The number of aliphatic carboxylic acids is 2. The normalized spacial score (nSPS) is 11.3. The summed E-state index contributed by atoms with van der Waals surface area (Å²) >= 11 is 0. The topological polar surface area (TPSA) is 101 Å². The van der Waals surface area contributed by atoms with Crippen molar-refractivity contribution >= 4 is 11.9 Å². The molecule has 0 fully saturated rings. The van der Waals surface area contributed by atoms with Gasteiger partial charge in [0.25, 0.3) is 0 Å². The van der Waals surface area contributed by atoms with Gasteiger partial charge in [-0.3, -0.25) is 9.59 Å². The molecule has 0 aliphatic carbocycles. The van der Waals surface area contributed by atoms with E-state index in [9.17, 15) is 9.59 Å². The molecule has 0 rings (SSSR count). The smallest absolute Gasteiger partial charge is 1.00 e. The van der Waals surface area contributed by atoms with Gasteiger partial charge in [-0.25, -0.2) is 0 Å². The number of carbonyl (C=O) groups is 2. The Kier molecular flexibility index (Phi) is 6.46. The van der Waals surface area contributed by atoms with E-state index in [1.807, 2.05) is 0 Å². The largest absolute Gasteiger partial charge is 1.00 e. The van der Waals surface area contributed by atoms with E-state index in [4.69, 9.17) is 15.9 Å². The van der Waals surface area contributed by atoms with Gasteiger partial charge in [0.1, 0.15) is 6.04 Å². The number of hydrogen-bond acceptors (Lipinski definition) is 3. The van der Waals surface area contributed by atoms with E-state index in [1.54, 1.807) is 0 Å². The summed E-state index contributed by atoms with van der Waals surface area (Å²) in [4.78, 5) is 19.6. The maximum atomic E-state index is 9.85. The molecule has 5 nitrogen and oxygen atoms in total. The van der Waals surface area contributed by atoms with E-state index in [2.05, 4.69) is 0 Å². The van der Waals surface area contributed by atoms with Crippen molar-refractivity contribution in [1.82, 2.24) is 0 Å². The van der Waals surface area contributed by atoms with Crippen molar-refractivity contribution < 1.29 is 40.1 Å². The molecule has 1 atom stereocenters. The molecule has 6 heteroatoms. The number of rotatable bonds is 3. The molecule has 0 radical (unpaired) electrons. The summed E-state index contributed by atoms with van der Waals surface area (Å²) in [7, 11) is 0. The first-order valence-corrected chi connectivity index (χ1v) is 2.24. The first-order chi connectivity index (χ1) is 4.04. The van der Waals surface area contributed by atoms with Crippen LogP contribution in [0.15, 0.2) is 0 Å². The number of carboxylic acids is 2. The third kappa shape index (κ3) is 5.63. The quantitative estimate of drug-likeness (QED) is 0.347. The van der Waals surface area contributed by atoms with Crippen molar-refractivity contribution in [3.63, 3.8) is 0 Å². The van der Waals surface area contributed by atoms with Gasteiger partial charge >= 0.3 is 30.8 Å². The minimum Gasteiger partial charge on any atom is -1.00 e. The average Bonchev–Trinajstić information content (AvgIpc) is 1.63. The summed E-state index contributed by atoms with van der Waals surface area (Å²) in [6.07, 6.45) is -0.532. The molecule has 54 valence electrons. The van der Waals surface area contributed by atoms with Crippen LogP contribution in [0.4, 0.5) is 0 Å². The predicted octanol–water partition coefficient (Wildman–Crippen LogP) is -4.01. The summed E-state index contributed by atoms with van der Waals surface area (Å²) in [6.45, 7) is 0. The average molecular weight is 141 g/mol. The van der Waals surface area contributed by atoms with Crippen molar-refractivity contribution in [2.75, 3.05) is 0 Å². The van der Waals surface area contributed by atoms with Crippen LogP contribution in [-0.4, -0.2) is 28.2 Å². The fourth-order valence-corrected chi connectivity index (χ4v) is 0.275. The van der Waals surface area contributed by atoms with Crippen molar-refractivity contribution in [2.45, 2.75) is 12.5 Å². The van der Waals surface area contributed by atoms with Crippen LogP contribution in [0.2, 0.25) is 0 Å². The molecule has 0 unspecified atom stereocenters. The van der Waals surface area contributed by atoms with Crippen LogP contribution in [-0.2, 0) is 9.59 Å². The van der Waals surface area contributed by atoms with Crippen LogP contribution in [0, 0.1) is 0 Å². The molecule has 0 bridgehead atoms. The predicted molar refractivity (Wildman–Crippen MR) is 29.0 cm³/mol. The second-order valence-corrected chi connectivity index (χ2v) is 1.54. The van der Waals surface area contributed by atoms with Crippen molar-refractivity contribution in [2.24, 2.45) is 5.73 Å². The molecule has 0 saturated heterocycles. The molecule has 0 aromatic carbocycles. The van der Waals surface area contributed by atoms with Gasteiger partial charge in [-0.1, -0.05) is 0 Å². The van der Waals surface area contributed by atoms with Crippen LogP contribution >= 0.6 is 0 Å². The Morgan fingerprint density at radius 3 is 2.00 bits per heavy atom. The summed E-state index contributed by atoms with van der Waals surface area (Å²) < 4.78 is 0. The number of carboxylic acid groups (broad SMARTS) is 2. The van der Waals surface area contributed by atoms with Crippen LogP contribution in [0.3, 0.4) is 0 Å². The van der Waals surface area contributed by atoms with E-state index < -0.39 is 24.4 Å². The van der Waals surface area contributed by atoms with Crippen LogP contribution in [0.5, 0.6) is 0 Å². The van der Waals surface area contributed by atoms with Crippen LogP contribution in [0.1, 0.15) is 7.85 Å². The van der Waals surface area contributed by atoms with Crippen molar-refractivity contribution in [3.05, 3.63) is 0 Å². The standard InChI is InChI=1S/C4H7NO4.Li.H/c5-2(4(8)9)1-3(6)7;;/h2H,1,5H2,(H,6,7)(H,8,9);;/q;+1;-1/t2-;;/m0../s1. The van der Waals surface area contributed by atoms with Crippen LogP contribution in [0.25, 0.3) is 0 Å². The van der Waals surface area contributed by atoms with Crippen molar-refractivity contribution in [1.29, 1.82) is 0 Å². The third-order valence-electron chi connectivity index (χ3n) is 0.712. The summed E-state index contributed by atoms with van der Waals surface area (Å²) in [5.41, 5.74) is 4.84. The maximum Gasteiger partial charge on any atom is 1.00 e. The Morgan fingerprint density at radius 1 is 1.50 bits per heavy atom. The molecule has 0 aromatic heterocycles. The molecular formula is C4H8LiNO4. The van der Waals surface area contributed by atoms with Gasteiger partial charge in [0.05, 0.1) is 6.42 Å². The molecule has 0 heterocycles. The third-order valence-corrected chi connectivity index (χ3v) is 0.712. The monoisotopic (exact) mass is 141 g/mol. The van der Waals surface area contributed by atoms with E-state index in [1.165, 1.54) is 0 Å². The second kappa shape index (κ2) is 5.30. The van der Waals surface area contributed by atoms with Crippen molar-refractivity contribution in [3.8, 4) is 0 Å². The summed E-state index contributed by atoms with van der Waals surface area (Å²) in [5, 5.41) is 16.0. The second-order valence-electron chi connectivity index (χ2n) is 1.54. The molecule has 4 N–H and O–H groups in total. The van der Waals surface area contributed by atoms with E-state index in [0.29, 0.717) is 0 Å². The van der Waals surface area contributed by atoms with Crippen LogP contribution < -0.4 is 24.6 Å². The molecule has 0 spiro atoms. The minimum atomic E-state index is -1.29. The Labute approximate surface area is 70.9 Å². The van der Waals surface area contributed by atoms with E-state index >= 15 is 0 Å². The summed E-state index contributed by atoms with van der Waals surface area (Å²) in [5.74, 6) is -2.50. The Bertz CT molecular complexity index is 142. The first-order valence-electron chi connectivity index (χ1n) is 2.24. The minimum absolute atomic E-state index is 0. The van der Waals surface area contributed by atoms with E-state index in [0.717, 1.165) is 0 Å². The fourth-order valence-electron chi connectivity index (χ4n) is 0.275. The summed E-state index contributed by atoms with van der Waals surface area (Å²) in [6, 6.07) is -1.29. The van der Waals surface area contributed by atoms with Gasteiger partial charge in [-0.15, -0.1) is 0 Å². The molecule has 0 aliphatic rings. The molecule has 0 aromatic rings. The molecule has 10 heavy (non-hydrogen) atoms. The SMILES string of the molecule is N[C@@H](CC(=O)O)C(=O)O.[H-].[Li+]. The maximum absolute atomic E-state index is 9.85. The van der Waals surface area contributed by atoms with Gasteiger partial charge in [-0.05, 0) is 0 Å². The Hall–Kier alpha value is -0.503. The zero-order valence-corrected chi connectivity index (χ0v) is 5.57. The Balaban J connectivity index is -0.000000320. The van der Waals surface area contributed by atoms with Gasteiger partial charge < -0.3 is 17.4 Å². The van der Waals surface area contributed by atoms with Gasteiger partial charge in [0, 0.05) is 0 Å².